The summed E-state index contributed by atoms with van der Waals surface area (Å²) in [6.07, 6.45) is 2.09. The maximum Gasteiger partial charge on any atom is 0.150 e. The predicted octanol–water partition coefficient (Wildman–Crippen LogP) is 0.667. The highest BCUT2D eigenvalue weighted by molar-refractivity contribution is 7.91. The molecule has 2 rings (SSSR count). The first-order valence-corrected chi connectivity index (χ1v) is 7.30. The third-order valence-electron chi connectivity index (χ3n) is 3.54. The molecule has 2 aliphatic rings. The summed E-state index contributed by atoms with van der Waals surface area (Å²) in [6, 6.07) is 0. The molecule has 2 fully saturated rings. The van der Waals surface area contributed by atoms with Crippen molar-refractivity contribution in [2.45, 2.75) is 19.8 Å². The highest BCUT2D eigenvalue weighted by atomic mass is 32.2. The molecule has 0 amide bonds. The van der Waals surface area contributed by atoms with Crippen molar-refractivity contribution in [2.75, 3.05) is 24.6 Å². The van der Waals surface area contributed by atoms with Gasteiger partial charge >= 0.3 is 0 Å². The van der Waals surface area contributed by atoms with E-state index in [9.17, 15) is 8.42 Å². The Morgan fingerprint density at radius 3 is 2.57 bits per heavy atom. The zero-order valence-electron chi connectivity index (χ0n) is 8.70. The Hall–Kier alpha value is -0.0900. The number of nitrogens with one attached hydrogen (secondary N) is 1. The first-order chi connectivity index (χ1) is 6.57. The lowest BCUT2D eigenvalue weighted by molar-refractivity contribution is 0.236. The minimum atomic E-state index is -2.69. The van der Waals surface area contributed by atoms with E-state index in [1.807, 2.05) is 0 Å². The number of rotatable bonds is 1. The average Bonchev–Trinajstić information content (AvgIpc) is 2.46. The molecule has 1 N–H and O–H groups in total. The molecule has 4 heteroatoms. The fourth-order valence-electron chi connectivity index (χ4n) is 2.75. The normalized spacial score (nSPS) is 42.5. The van der Waals surface area contributed by atoms with Crippen molar-refractivity contribution in [3.05, 3.63) is 0 Å². The standard InChI is InChI=1S/C10H19NO2S/c1-8-4-10(6-11-5-8)9-2-3-14(12,13)7-9/h8-11H,2-7H2,1H3. The fourth-order valence-corrected chi connectivity index (χ4v) is 4.67. The van der Waals surface area contributed by atoms with Gasteiger partial charge in [-0.2, -0.15) is 0 Å². The second-order valence-corrected chi connectivity index (χ2v) is 7.15. The summed E-state index contributed by atoms with van der Waals surface area (Å²) >= 11 is 0. The maximum atomic E-state index is 11.3. The van der Waals surface area contributed by atoms with Crippen molar-refractivity contribution in [1.82, 2.24) is 5.32 Å². The van der Waals surface area contributed by atoms with Crippen LogP contribution in [0.25, 0.3) is 0 Å². The van der Waals surface area contributed by atoms with Crippen LogP contribution in [0, 0.1) is 17.8 Å². The molecular weight excluding hydrogens is 198 g/mol. The monoisotopic (exact) mass is 217 g/mol. The summed E-state index contributed by atoms with van der Waals surface area (Å²) < 4.78 is 22.7. The Labute approximate surface area is 86.2 Å². The number of sulfone groups is 1. The molecule has 0 spiro atoms. The third-order valence-corrected chi connectivity index (χ3v) is 5.33. The summed E-state index contributed by atoms with van der Waals surface area (Å²) in [7, 11) is -2.69. The van der Waals surface area contributed by atoms with Gasteiger partial charge in [-0.15, -0.1) is 0 Å². The highest BCUT2D eigenvalue weighted by Crippen LogP contribution is 2.31. The van der Waals surface area contributed by atoms with Gasteiger partial charge in [-0.25, -0.2) is 8.42 Å². The van der Waals surface area contributed by atoms with E-state index in [1.54, 1.807) is 0 Å². The van der Waals surface area contributed by atoms with Crippen LogP contribution >= 0.6 is 0 Å². The van der Waals surface area contributed by atoms with Gasteiger partial charge in [-0.1, -0.05) is 6.92 Å². The molecule has 3 atom stereocenters. The maximum absolute atomic E-state index is 11.3. The first-order valence-electron chi connectivity index (χ1n) is 5.48. The minimum absolute atomic E-state index is 0.419. The molecule has 3 nitrogen and oxygen atoms in total. The smallest absolute Gasteiger partial charge is 0.150 e. The lowest BCUT2D eigenvalue weighted by Crippen LogP contribution is -2.38. The van der Waals surface area contributed by atoms with Crippen LogP contribution < -0.4 is 5.32 Å². The molecule has 0 radical (unpaired) electrons. The Morgan fingerprint density at radius 2 is 2.00 bits per heavy atom. The van der Waals surface area contributed by atoms with Crippen molar-refractivity contribution >= 4 is 9.84 Å². The van der Waals surface area contributed by atoms with Crippen molar-refractivity contribution in [3.8, 4) is 0 Å². The minimum Gasteiger partial charge on any atom is -0.316 e. The topological polar surface area (TPSA) is 46.2 Å². The molecule has 0 aromatic heterocycles. The van der Waals surface area contributed by atoms with Gasteiger partial charge in [0.15, 0.2) is 9.84 Å². The molecule has 14 heavy (non-hydrogen) atoms. The van der Waals surface area contributed by atoms with Gasteiger partial charge in [-0.3, -0.25) is 0 Å². The molecule has 3 unspecified atom stereocenters. The third kappa shape index (κ3) is 2.28. The van der Waals surface area contributed by atoms with Gasteiger partial charge < -0.3 is 5.32 Å². The molecule has 0 aromatic carbocycles. The number of hydrogen-bond acceptors (Lipinski definition) is 3. The Kier molecular flexibility index (Phi) is 2.84. The van der Waals surface area contributed by atoms with Crippen LogP contribution in [0.4, 0.5) is 0 Å². The fraction of sp³-hybridized carbons (Fsp3) is 1.00. The lowest BCUT2D eigenvalue weighted by Gasteiger charge is -2.31. The van der Waals surface area contributed by atoms with E-state index in [2.05, 4.69) is 12.2 Å². The van der Waals surface area contributed by atoms with Crippen molar-refractivity contribution in [3.63, 3.8) is 0 Å². The Morgan fingerprint density at radius 1 is 1.21 bits per heavy atom. The number of hydrogen-bond donors (Lipinski definition) is 1. The van der Waals surface area contributed by atoms with Crippen molar-refractivity contribution < 1.29 is 8.42 Å². The molecule has 2 saturated heterocycles. The molecule has 2 aliphatic heterocycles. The van der Waals surface area contributed by atoms with E-state index >= 15 is 0 Å². The average molecular weight is 217 g/mol. The summed E-state index contributed by atoms with van der Waals surface area (Å²) in [5.41, 5.74) is 0. The van der Waals surface area contributed by atoms with E-state index in [0.29, 0.717) is 29.3 Å². The van der Waals surface area contributed by atoms with Gasteiger partial charge in [0.05, 0.1) is 11.5 Å². The van der Waals surface area contributed by atoms with Crippen LogP contribution in [0.2, 0.25) is 0 Å². The molecular formula is C10H19NO2S. The first kappa shape index (κ1) is 10.4. The molecule has 2 heterocycles. The lowest BCUT2D eigenvalue weighted by atomic mass is 9.82. The zero-order valence-corrected chi connectivity index (χ0v) is 9.52. The quantitative estimate of drug-likeness (QED) is 0.702. The molecule has 0 aliphatic carbocycles. The van der Waals surface area contributed by atoms with Crippen LogP contribution in [0.1, 0.15) is 19.8 Å². The van der Waals surface area contributed by atoms with Crippen LogP contribution in [-0.2, 0) is 9.84 Å². The predicted molar refractivity (Wildman–Crippen MR) is 56.9 cm³/mol. The Bertz CT molecular complexity index is 299. The van der Waals surface area contributed by atoms with Gasteiger partial charge in [0.25, 0.3) is 0 Å². The second-order valence-electron chi connectivity index (χ2n) is 4.92. The van der Waals surface area contributed by atoms with Crippen LogP contribution in [0.5, 0.6) is 0 Å². The second kappa shape index (κ2) is 3.81. The van der Waals surface area contributed by atoms with Gasteiger partial charge in [0, 0.05) is 0 Å². The van der Waals surface area contributed by atoms with E-state index < -0.39 is 9.84 Å². The summed E-state index contributed by atoms with van der Waals surface area (Å²) in [4.78, 5) is 0. The zero-order chi connectivity index (χ0) is 10.2. The largest absolute Gasteiger partial charge is 0.316 e. The van der Waals surface area contributed by atoms with Crippen LogP contribution in [0.15, 0.2) is 0 Å². The molecule has 82 valence electrons. The van der Waals surface area contributed by atoms with Crippen molar-refractivity contribution in [2.24, 2.45) is 17.8 Å². The van der Waals surface area contributed by atoms with Crippen LogP contribution in [0.3, 0.4) is 0 Å². The van der Waals surface area contributed by atoms with Crippen molar-refractivity contribution in [1.29, 1.82) is 0 Å². The van der Waals surface area contributed by atoms with E-state index in [1.165, 1.54) is 6.42 Å². The Balaban J connectivity index is 1.96. The van der Waals surface area contributed by atoms with Gasteiger partial charge in [-0.05, 0) is 43.7 Å². The van der Waals surface area contributed by atoms with Crippen LogP contribution in [-0.4, -0.2) is 33.0 Å². The highest BCUT2D eigenvalue weighted by Gasteiger charge is 2.35. The molecule has 0 aromatic rings. The van der Waals surface area contributed by atoms with E-state index in [0.717, 1.165) is 19.5 Å². The summed E-state index contributed by atoms with van der Waals surface area (Å²) in [6.45, 7) is 4.35. The van der Waals surface area contributed by atoms with Gasteiger partial charge in [0.1, 0.15) is 0 Å². The number of piperidine rings is 1. The van der Waals surface area contributed by atoms with Gasteiger partial charge in [0.2, 0.25) is 0 Å². The van der Waals surface area contributed by atoms with E-state index in [4.69, 9.17) is 0 Å². The summed E-state index contributed by atoms with van der Waals surface area (Å²) in [5, 5.41) is 3.39. The molecule has 0 saturated carbocycles. The van der Waals surface area contributed by atoms with E-state index in [-0.39, 0.29) is 0 Å². The summed E-state index contributed by atoms with van der Waals surface area (Å²) in [5.74, 6) is 2.58. The molecule has 0 bridgehead atoms. The SMILES string of the molecule is CC1CNCC(C2CCS(=O)(=O)C2)C1.